The van der Waals surface area contributed by atoms with Gasteiger partial charge in [0, 0.05) is 0 Å². The number of carboxylic acids is 2. The summed E-state index contributed by atoms with van der Waals surface area (Å²) in [4.78, 5) is 27.7. The van der Waals surface area contributed by atoms with Gasteiger partial charge >= 0.3 is 18.2 Å². The van der Waals surface area contributed by atoms with E-state index in [-0.39, 0.29) is 0 Å². The van der Waals surface area contributed by atoms with Crippen molar-refractivity contribution in [2.24, 2.45) is 5.73 Å². The highest BCUT2D eigenvalue weighted by molar-refractivity contribution is 5.80. The summed E-state index contributed by atoms with van der Waals surface area (Å²) in [6.45, 7) is 0. The SMILES string of the molecule is N[C@@H](CC(=O)O)C(=O)O.O=C(F)F. The molecule has 0 saturated carbocycles. The van der Waals surface area contributed by atoms with Gasteiger partial charge in [-0.15, -0.1) is 8.78 Å². The monoisotopic (exact) mass is 199 g/mol. The lowest BCUT2D eigenvalue weighted by molar-refractivity contribution is -0.144. The second kappa shape index (κ2) is 7.10. The fourth-order valence-electron chi connectivity index (χ4n) is 0.275. The highest BCUT2D eigenvalue weighted by atomic mass is 19.3. The van der Waals surface area contributed by atoms with Crippen molar-refractivity contribution in [3.63, 3.8) is 0 Å². The van der Waals surface area contributed by atoms with Gasteiger partial charge in [-0.3, -0.25) is 9.59 Å². The summed E-state index contributed by atoms with van der Waals surface area (Å²) < 4.78 is 19.4. The molecule has 4 N–H and O–H groups in total. The van der Waals surface area contributed by atoms with Gasteiger partial charge in [-0.2, -0.15) is 0 Å². The van der Waals surface area contributed by atoms with Crippen LogP contribution in [0.5, 0.6) is 0 Å². The van der Waals surface area contributed by atoms with Crippen molar-refractivity contribution < 1.29 is 33.4 Å². The van der Waals surface area contributed by atoms with E-state index >= 15 is 0 Å². The van der Waals surface area contributed by atoms with Crippen LogP contribution in [0.3, 0.4) is 0 Å². The van der Waals surface area contributed by atoms with Crippen LogP contribution in [0.1, 0.15) is 6.42 Å². The number of nitrogens with two attached hydrogens (primary N) is 1. The number of hydrogen-bond acceptors (Lipinski definition) is 4. The molecule has 6 nitrogen and oxygen atoms in total. The average Bonchev–Trinajstić information content (AvgIpc) is 1.83. The number of halogens is 2. The molecule has 0 aliphatic heterocycles. The van der Waals surface area contributed by atoms with Crippen LogP contribution in [-0.2, 0) is 9.59 Å². The van der Waals surface area contributed by atoms with E-state index in [0.29, 0.717) is 0 Å². The maximum absolute atomic E-state index is 9.85. The second-order valence-electron chi connectivity index (χ2n) is 1.77. The Balaban J connectivity index is 0. The highest BCUT2D eigenvalue weighted by Gasteiger charge is 2.14. The molecule has 0 aromatic rings. The molecular weight excluding hydrogens is 192 g/mol. The Morgan fingerprint density at radius 2 is 1.54 bits per heavy atom. The number of hydrogen-bond donors (Lipinski definition) is 3. The van der Waals surface area contributed by atoms with Crippen molar-refractivity contribution in [2.45, 2.75) is 12.5 Å². The number of aliphatic carboxylic acids is 2. The first-order chi connectivity index (χ1) is 5.77. The number of carboxylic acid groups (broad SMARTS) is 2. The molecule has 76 valence electrons. The Morgan fingerprint density at radius 3 is 1.62 bits per heavy atom. The van der Waals surface area contributed by atoms with Crippen molar-refractivity contribution in [1.29, 1.82) is 0 Å². The van der Waals surface area contributed by atoms with Crippen molar-refractivity contribution in [2.75, 3.05) is 0 Å². The molecule has 8 heteroatoms. The molecular formula is C5H7F2NO5. The predicted octanol–water partition coefficient (Wildman–Crippen LogP) is -0.0816. The molecule has 0 heterocycles. The zero-order valence-electron chi connectivity index (χ0n) is 6.24. The van der Waals surface area contributed by atoms with E-state index in [1.165, 1.54) is 0 Å². The third-order valence-corrected chi connectivity index (χ3v) is 0.712. The van der Waals surface area contributed by atoms with E-state index in [4.69, 9.17) is 20.7 Å². The normalized spacial score (nSPS) is 10.7. The topological polar surface area (TPSA) is 118 Å². The molecule has 13 heavy (non-hydrogen) atoms. The van der Waals surface area contributed by atoms with Crippen LogP contribution in [0.15, 0.2) is 0 Å². The average molecular weight is 199 g/mol. The Morgan fingerprint density at radius 1 is 1.23 bits per heavy atom. The molecule has 0 aromatic heterocycles. The van der Waals surface area contributed by atoms with E-state index in [9.17, 15) is 18.4 Å². The summed E-state index contributed by atoms with van der Waals surface area (Å²) in [5.74, 6) is -2.50. The molecule has 0 aromatic carbocycles. The molecule has 1 atom stereocenters. The Labute approximate surface area is 70.9 Å². The number of rotatable bonds is 3. The molecule has 0 saturated heterocycles. The van der Waals surface area contributed by atoms with Crippen molar-refractivity contribution >= 4 is 18.2 Å². The minimum absolute atomic E-state index is 0.532. The lowest BCUT2D eigenvalue weighted by Gasteiger charge is -1.99. The fraction of sp³-hybridized carbons (Fsp3) is 0.400. The molecule has 0 radical (unpaired) electrons. The van der Waals surface area contributed by atoms with Crippen LogP contribution < -0.4 is 5.73 Å². The Bertz CT molecular complexity index is 203. The first-order valence-corrected chi connectivity index (χ1v) is 2.82. The smallest absolute Gasteiger partial charge is 0.481 e. The predicted molar refractivity (Wildman–Crippen MR) is 35.5 cm³/mol. The van der Waals surface area contributed by atoms with E-state index in [2.05, 4.69) is 0 Å². The maximum atomic E-state index is 9.85. The van der Waals surface area contributed by atoms with Crippen molar-refractivity contribution in [1.82, 2.24) is 0 Å². The number of carbonyl (C=O) groups is 3. The molecule has 0 spiro atoms. The zero-order valence-corrected chi connectivity index (χ0v) is 6.24. The first kappa shape index (κ1) is 14.0. The van der Waals surface area contributed by atoms with E-state index in [0.717, 1.165) is 0 Å². The van der Waals surface area contributed by atoms with Crippen LogP contribution in [0.4, 0.5) is 13.6 Å². The van der Waals surface area contributed by atoms with Gasteiger partial charge in [0.15, 0.2) is 0 Å². The third-order valence-electron chi connectivity index (χ3n) is 0.712. The quantitative estimate of drug-likeness (QED) is 0.547. The molecule has 0 rings (SSSR count). The zero-order chi connectivity index (χ0) is 11.0. The van der Waals surface area contributed by atoms with E-state index in [1.807, 2.05) is 0 Å². The van der Waals surface area contributed by atoms with Gasteiger partial charge < -0.3 is 15.9 Å². The lowest BCUT2D eigenvalue weighted by Crippen LogP contribution is -2.32. The summed E-state index contributed by atoms with van der Waals surface area (Å²) in [5.41, 5.74) is 4.84. The van der Waals surface area contributed by atoms with Crippen LogP contribution in [0.2, 0.25) is 0 Å². The van der Waals surface area contributed by atoms with E-state index in [1.54, 1.807) is 0 Å². The van der Waals surface area contributed by atoms with Gasteiger partial charge in [-0.25, -0.2) is 4.79 Å². The van der Waals surface area contributed by atoms with Crippen LogP contribution in [0, 0.1) is 0 Å². The van der Waals surface area contributed by atoms with Crippen LogP contribution in [0.25, 0.3) is 0 Å². The standard InChI is InChI=1S/C4H7NO4.CF2O/c5-2(4(8)9)1-3(6)7;2-1(3)4/h2H,1,5H2,(H,6,7)(H,8,9);/t2-;/m0./s1. The molecule has 0 fully saturated rings. The van der Waals surface area contributed by atoms with Gasteiger partial charge in [-0.1, -0.05) is 0 Å². The largest absolute Gasteiger partial charge is 0.483 e. The third kappa shape index (κ3) is 17.9. The molecule has 0 aliphatic rings. The maximum Gasteiger partial charge on any atom is 0.483 e. The minimum atomic E-state index is -2.83. The van der Waals surface area contributed by atoms with Gasteiger partial charge in [0.05, 0.1) is 6.42 Å². The van der Waals surface area contributed by atoms with Gasteiger partial charge in [0.2, 0.25) is 0 Å². The molecule has 0 amide bonds. The second-order valence-corrected chi connectivity index (χ2v) is 1.77. The van der Waals surface area contributed by atoms with Gasteiger partial charge in [0.25, 0.3) is 0 Å². The summed E-state index contributed by atoms with van der Waals surface area (Å²) >= 11 is 0. The Kier molecular flexibility index (Phi) is 7.64. The molecule has 0 unspecified atom stereocenters. The summed E-state index contributed by atoms with van der Waals surface area (Å²) in [7, 11) is 0. The first-order valence-electron chi connectivity index (χ1n) is 2.82. The van der Waals surface area contributed by atoms with Crippen molar-refractivity contribution in [3.05, 3.63) is 0 Å². The van der Waals surface area contributed by atoms with Gasteiger partial charge in [-0.05, 0) is 0 Å². The van der Waals surface area contributed by atoms with E-state index < -0.39 is 30.7 Å². The highest BCUT2D eigenvalue weighted by Crippen LogP contribution is 1.86. The van der Waals surface area contributed by atoms with Crippen molar-refractivity contribution in [3.8, 4) is 0 Å². The summed E-state index contributed by atoms with van der Waals surface area (Å²) in [6, 6.07) is -1.29. The summed E-state index contributed by atoms with van der Waals surface area (Å²) in [6.07, 6.45) is -3.37. The van der Waals surface area contributed by atoms with Crippen LogP contribution in [-0.4, -0.2) is 34.5 Å². The molecule has 0 aliphatic carbocycles. The van der Waals surface area contributed by atoms with Crippen LogP contribution >= 0.6 is 0 Å². The molecule has 0 bridgehead atoms. The van der Waals surface area contributed by atoms with Gasteiger partial charge in [0.1, 0.15) is 6.04 Å². The Hall–Kier alpha value is -1.57. The fourth-order valence-corrected chi connectivity index (χ4v) is 0.275. The lowest BCUT2D eigenvalue weighted by atomic mass is 10.2. The minimum Gasteiger partial charge on any atom is -0.481 e. The number of carbonyl (C=O) groups excluding carboxylic acids is 1. The summed E-state index contributed by atoms with van der Waals surface area (Å²) in [5, 5.41) is 16.0.